The molecular weight excluding hydrogens is 426 g/mol. The number of alkyl halides is 1. The van der Waals surface area contributed by atoms with Gasteiger partial charge in [-0.1, -0.05) is 23.9 Å². The van der Waals surface area contributed by atoms with Gasteiger partial charge in [-0.05, 0) is 17.7 Å². The van der Waals surface area contributed by atoms with Crippen LogP contribution in [-0.2, 0) is 11.3 Å². The Kier molecular flexibility index (Phi) is 6.31. The number of imidazole rings is 1. The van der Waals surface area contributed by atoms with Crippen LogP contribution in [-0.4, -0.2) is 42.1 Å². The lowest BCUT2D eigenvalue weighted by atomic mass is 10.1. The van der Waals surface area contributed by atoms with Crippen LogP contribution in [0.15, 0.2) is 53.9 Å². The Morgan fingerprint density at radius 3 is 2.58 bits per heavy atom. The number of nitrogens with two attached hydrogens (primary N) is 2. The highest BCUT2D eigenvalue weighted by atomic mass is 35.5. The Morgan fingerprint density at radius 1 is 1.23 bits per heavy atom. The van der Waals surface area contributed by atoms with E-state index >= 15 is 0 Å². The molecule has 0 radical (unpaired) electrons. The SMILES string of the molecule is C=C(N)NC(=O)/C=C(\N)c1ccc(NC(=O)c2ncn3c(=O)n(CCCl)nnc23)cc1. The summed E-state index contributed by atoms with van der Waals surface area (Å²) in [5.74, 6) is -0.907. The first-order valence-corrected chi connectivity index (χ1v) is 9.34. The highest BCUT2D eigenvalue weighted by Crippen LogP contribution is 2.15. The summed E-state index contributed by atoms with van der Waals surface area (Å²) in [6.07, 6.45) is 2.36. The number of fused-ring (bicyclic) bond motifs is 1. The number of hydrogen-bond acceptors (Lipinski definition) is 8. The maximum Gasteiger partial charge on any atom is 0.353 e. The van der Waals surface area contributed by atoms with Gasteiger partial charge in [-0.3, -0.25) is 9.59 Å². The zero-order valence-corrected chi connectivity index (χ0v) is 16.8. The number of anilines is 1. The zero-order valence-electron chi connectivity index (χ0n) is 16.1. The molecule has 0 spiro atoms. The molecule has 0 aliphatic carbocycles. The lowest BCUT2D eigenvalue weighted by Gasteiger charge is -2.07. The van der Waals surface area contributed by atoms with Crippen LogP contribution in [0.2, 0.25) is 0 Å². The van der Waals surface area contributed by atoms with E-state index in [4.69, 9.17) is 23.1 Å². The monoisotopic (exact) mass is 443 g/mol. The number of amides is 2. The van der Waals surface area contributed by atoms with Crippen molar-refractivity contribution in [1.29, 1.82) is 0 Å². The maximum absolute atomic E-state index is 12.6. The second-order valence-electron chi connectivity index (χ2n) is 6.22. The summed E-state index contributed by atoms with van der Waals surface area (Å²) >= 11 is 5.62. The molecule has 0 saturated heterocycles. The van der Waals surface area contributed by atoms with Crippen molar-refractivity contribution in [3.63, 3.8) is 0 Å². The molecule has 6 N–H and O–H groups in total. The van der Waals surface area contributed by atoms with E-state index < -0.39 is 17.5 Å². The molecule has 0 unspecified atom stereocenters. The maximum atomic E-state index is 12.6. The van der Waals surface area contributed by atoms with Crippen LogP contribution in [0.3, 0.4) is 0 Å². The average molecular weight is 444 g/mol. The summed E-state index contributed by atoms with van der Waals surface area (Å²) in [5, 5.41) is 12.6. The molecule has 0 aliphatic rings. The second kappa shape index (κ2) is 9.09. The van der Waals surface area contributed by atoms with E-state index in [0.29, 0.717) is 11.3 Å². The van der Waals surface area contributed by atoms with Crippen molar-refractivity contribution in [2.45, 2.75) is 6.54 Å². The smallest absolute Gasteiger partial charge is 0.353 e. The number of hydrogen-bond donors (Lipinski definition) is 4. The Hall–Kier alpha value is -4.19. The van der Waals surface area contributed by atoms with E-state index in [1.807, 2.05) is 0 Å². The van der Waals surface area contributed by atoms with Crippen molar-refractivity contribution in [2.24, 2.45) is 11.5 Å². The number of carbonyl (C=O) groups excluding carboxylic acids is 2. The first-order chi connectivity index (χ1) is 14.8. The largest absolute Gasteiger partial charge is 0.398 e. The molecule has 31 heavy (non-hydrogen) atoms. The van der Waals surface area contributed by atoms with Crippen LogP contribution >= 0.6 is 11.6 Å². The van der Waals surface area contributed by atoms with Crippen LogP contribution in [0, 0.1) is 0 Å². The highest BCUT2D eigenvalue weighted by molar-refractivity contribution is 6.17. The normalized spacial score (nSPS) is 11.3. The summed E-state index contributed by atoms with van der Waals surface area (Å²) in [6.45, 7) is 3.54. The van der Waals surface area contributed by atoms with Gasteiger partial charge in [0.15, 0.2) is 11.3 Å². The van der Waals surface area contributed by atoms with Crippen molar-refractivity contribution in [2.75, 3.05) is 11.2 Å². The quantitative estimate of drug-likeness (QED) is 0.282. The number of nitrogens with zero attached hydrogens (tertiary/aromatic N) is 5. The predicted octanol–water partition coefficient (Wildman–Crippen LogP) is -0.377. The van der Waals surface area contributed by atoms with Crippen molar-refractivity contribution in [3.8, 4) is 0 Å². The van der Waals surface area contributed by atoms with Crippen molar-refractivity contribution in [3.05, 3.63) is 70.8 Å². The third-order valence-electron chi connectivity index (χ3n) is 3.97. The Balaban J connectivity index is 1.76. The van der Waals surface area contributed by atoms with E-state index in [0.717, 1.165) is 9.08 Å². The van der Waals surface area contributed by atoms with Gasteiger partial charge in [-0.2, -0.15) is 4.68 Å². The van der Waals surface area contributed by atoms with Gasteiger partial charge in [0.2, 0.25) is 0 Å². The fourth-order valence-electron chi connectivity index (χ4n) is 2.57. The number of carbonyl (C=O) groups is 2. The minimum atomic E-state index is -0.580. The Morgan fingerprint density at radius 2 is 1.94 bits per heavy atom. The summed E-state index contributed by atoms with van der Waals surface area (Å²) in [5.41, 5.74) is 11.8. The lowest BCUT2D eigenvalue weighted by molar-refractivity contribution is -0.115. The highest BCUT2D eigenvalue weighted by Gasteiger charge is 2.18. The zero-order chi connectivity index (χ0) is 22.5. The van der Waals surface area contributed by atoms with Gasteiger partial charge >= 0.3 is 5.69 Å². The number of aryl methyl sites for hydroxylation is 1. The van der Waals surface area contributed by atoms with Gasteiger partial charge in [0.1, 0.15) is 6.33 Å². The number of benzene rings is 1. The molecule has 3 rings (SSSR count). The molecule has 13 heteroatoms. The molecule has 160 valence electrons. The topological polar surface area (TPSA) is 175 Å². The molecule has 0 bridgehead atoms. The van der Waals surface area contributed by atoms with Gasteiger partial charge in [0, 0.05) is 23.3 Å². The van der Waals surface area contributed by atoms with E-state index in [1.165, 1.54) is 12.4 Å². The first kappa shape index (κ1) is 21.5. The van der Waals surface area contributed by atoms with Gasteiger partial charge in [-0.15, -0.1) is 16.7 Å². The van der Waals surface area contributed by atoms with Gasteiger partial charge in [-0.25, -0.2) is 14.2 Å². The molecule has 0 fully saturated rings. The molecule has 1 aromatic carbocycles. The molecule has 0 atom stereocenters. The molecule has 2 amide bonds. The summed E-state index contributed by atoms with van der Waals surface area (Å²) in [6, 6.07) is 6.40. The third-order valence-corrected chi connectivity index (χ3v) is 4.14. The summed E-state index contributed by atoms with van der Waals surface area (Å²) in [7, 11) is 0. The molecule has 2 aromatic heterocycles. The predicted molar refractivity (Wildman–Crippen MR) is 114 cm³/mol. The molecular formula is C18H18ClN9O3. The minimum Gasteiger partial charge on any atom is -0.398 e. The van der Waals surface area contributed by atoms with Crippen LogP contribution in [0.25, 0.3) is 11.3 Å². The lowest BCUT2D eigenvalue weighted by Crippen LogP contribution is -2.30. The van der Waals surface area contributed by atoms with Crippen LogP contribution in [0.5, 0.6) is 0 Å². The Bertz CT molecular complexity index is 1240. The Labute approximate surface area is 180 Å². The van der Waals surface area contributed by atoms with E-state index in [9.17, 15) is 14.4 Å². The average Bonchev–Trinajstić information content (AvgIpc) is 3.15. The van der Waals surface area contributed by atoms with Gasteiger partial charge in [0.05, 0.1) is 12.4 Å². The molecule has 12 nitrogen and oxygen atoms in total. The third kappa shape index (κ3) is 4.87. The number of nitrogens with one attached hydrogen (secondary N) is 2. The number of halogens is 1. The van der Waals surface area contributed by atoms with E-state index in [2.05, 4.69) is 32.5 Å². The van der Waals surface area contributed by atoms with Crippen molar-refractivity contribution in [1.82, 2.24) is 29.7 Å². The van der Waals surface area contributed by atoms with E-state index in [1.54, 1.807) is 24.3 Å². The fourth-order valence-corrected chi connectivity index (χ4v) is 2.73. The number of aromatic nitrogens is 5. The standard InChI is InChI=1S/C18H18ClN9O3/c1-10(20)23-14(29)8-13(21)11-2-4-12(5-3-11)24-17(30)15-16-25-26-28(7-6-19)18(31)27(16)9-22-15/h2-5,8-9H,1,6-7,20-21H2,(H,23,29)(H,24,30)/b13-8-. The van der Waals surface area contributed by atoms with Gasteiger partial charge < -0.3 is 22.1 Å². The van der Waals surface area contributed by atoms with Crippen LogP contribution in [0.1, 0.15) is 16.1 Å². The molecule has 3 aromatic rings. The van der Waals surface area contributed by atoms with Crippen LogP contribution in [0.4, 0.5) is 5.69 Å². The second-order valence-corrected chi connectivity index (χ2v) is 6.59. The van der Waals surface area contributed by atoms with Crippen molar-refractivity contribution < 1.29 is 9.59 Å². The minimum absolute atomic E-state index is 0.00146. The fraction of sp³-hybridized carbons (Fsp3) is 0.111. The molecule has 0 aliphatic heterocycles. The van der Waals surface area contributed by atoms with E-state index in [-0.39, 0.29) is 35.3 Å². The summed E-state index contributed by atoms with van der Waals surface area (Å²) < 4.78 is 2.19. The van der Waals surface area contributed by atoms with Crippen molar-refractivity contribution >= 4 is 40.4 Å². The first-order valence-electron chi connectivity index (χ1n) is 8.81. The summed E-state index contributed by atoms with van der Waals surface area (Å²) in [4.78, 5) is 40.5. The molecule has 0 saturated carbocycles. The van der Waals surface area contributed by atoms with Crippen LogP contribution < -0.4 is 27.8 Å². The molecule has 2 heterocycles. The number of rotatable bonds is 7. The van der Waals surface area contributed by atoms with Gasteiger partial charge in [0.25, 0.3) is 11.8 Å².